The lowest BCUT2D eigenvalue weighted by Gasteiger charge is -2.25. The summed E-state index contributed by atoms with van der Waals surface area (Å²) in [5.41, 5.74) is 6.36. The Morgan fingerprint density at radius 3 is 1.94 bits per heavy atom. The smallest absolute Gasteiger partial charge is 0.247 e. The molecule has 64 heavy (non-hydrogen) atoms. The van der Waals surface area contributed by atoms with E-state index in [0.717, 1.165) is 20.1 Å². The van der Waals surface area contributed by atoms with Crippen molar-refractivity contribution in [3.05, 3.63) is 29.5 Å². The normalized spacial score (nSPS) is 14.9. The van der Waals surface area contributed by atoms with Crippen LogP contribution in [0.2, 0.25) is 0 Å². The van der Waals surface area contributed by atoms with Crippen LogP contribution < -0.4 is 43.0 Å². The average molecular weight is 907 g/mol. The van der Waals surface area contributed by atoms with E-state index in [1.54, 1.807) is 26.8 Å². The average Bonchev–Trinajstić information content (AvgIpc) is 3.87. The van der Waals surface area contributed by atoms with E-state index >= 15 is 0 Å². The van der Waals surface area contributed by atoms with Gasteiger partial charge in [-0.2, -0.15) is 0 Å². The number of aromatic hydroxyl groups is 1. The Morgan fingerprint density at radius 2 is 1.39 bits per heavy atom. The summed E-state index contributed by atoms with van der Waals surface area (Å²) in [4.78, 5) is 118. The number of aliphatic hydroxyl groups excluding tert-OH is 1. The van der Waals surface area contributed by atoms with Gasteiger partial charge in [0.25, 0.3) is 0 Å². The summed E-state index contributed by atoms with van der Waals surface area (Å²) >= 11 is 0. The first kappa shape index (κ1) is 60.0. The maximum absolute atomic E-state index is 13.8. The maximum atomic E-state index is 13.8. The van der Waals surface area contributed by atoms with Crippen LogP contribution in [-0.2, 0) is 43.2 Å². The van der Waals surface area contributed by atoms with Crippen LogP contribution in [0.5, 0.6) is 5.75 Å². The van der Waals surface area contributed by atoms with Crippen LogP contribution in [0, 0.1) is 12.8 Å². The summed E-state index contributed by atoms with van der Waals surface area (Å²) in [5.74, 6) is -6.04. The topological polar surface area (TPSA) is 323 Å². The van der Waals surface area contributed by atoms with E-state index in [-0.39, 0.29) is 17.7 Å². The molecule has 1 aliphatic rings. The number of likely N-dealkylation sites (tertiary alicyclic amines) is 1. The van der Waals surface area contributed by atoms with Gasteiger partial charge in [-0.25, -0.2) is 0 Å². The summed E-state index contributed by atoms with van der Waals surface area (Å²) in [6, 6.07) is -0.617. The first-order chi connectivity index (χ1) is 30.4. The van der Waals surface area contributed by atoms with Gasteiger partial charge in [0, 0.05) is 35.3 Å². The molecule has 362 valence electrons. The number of H-pyrrole nitrogens is 1. The third-order valence-electron chi connectivity index (χ3n) is 9.47. The molecule has 0 bridgehead atoms. The molecule has 1 aromatic heterocycles. The van der Waals surface area contributed by atoms with Crippen LogP contribution in [0.25, 0.3) is 10.9 Å². The number of primary amides is 1. The standard InChI is InChI=1S/C36H52N10O10.3C2H6.CH4O/c1-6-18(2)31(35(55)39-14-27(50)38-15-28(51)43-21(17-47)12-26(37)49)44-29(52)16-40-36(56)32(30-19(3)41-24-13-22(48)9-10-23(24)30)45-33(53)20(4)42-34(54)25-8-7-11-46(25)5;4*1-2/h9-10,13,17-18,20-21,25,31-32,41,48H,6-8,11-12,14-16H2,1-5H3,(H2,37,49)(H,38,50)(H,39,55)(H,40,56)(H,42,54)(H,43,51)(H,44,52)(H,45,53);3*1-2H3;2H,1H3. The molecule has 3 rings (SSSR count). The van der Waals surface area contributed by atoms with Crippen LogP contribution in [-0.4, -0.2) is 138 Å². The minimum absolute atomic E-state index is 0.0318. The lowest BCUT2D eigenvalue weighted by Crippen LogP contribution is -2.55. The molecule has 21 nitrogen and oxygen atoms in total. The lowest BCUT2D eigenvalue weighted by molar-refractivity contribution is -0.134. The fourth-order valence-electron chi connectivity index (χ4n) is 6.19. The first-order valence-corrected chi connectivity index (χ1v) is 21.7. The Balaban J connectivity index is 0. The minimum Gasteiger partial charge on any atom is -0.508 e. The number of carbonyl (C=O) groups excluding carboxylic acids is 9. The molecule has 1 saturated heterocycles. The van der Waals surface area contributed by atoms with Gasteiger partial charge in [0.2, 0.25) is 47.3 Å². The number of aryl methyl sites for hydroxylation is 1. The zero-order valence-electron chi connectivity index (χ0n) is 39.5. The van der Waals surface area contributed by atoms with Crippen molar-refractivity contribution in [3.63, 3.8) is 0 Å². The van der Waals surface area contributed by atoms with E-state index < -0.39 is 97.5 Å². The van der Waals surface area contributed by atoms with Crippen molar-refractivity contribution < 1.29 is 53.4 Å². The number of nitrogens with zero attached hydrogens (tertiary/aromatic N) is 1. The van der Waals surface area contributed by atoms with E-state index in [1.807, 2.05) is 53.5 Å². The number of aldehydes is 1. The molecule has 2 aromatic rings. The van der Waals surface area contributed by atoms with E-state index in [0.29, 0.717) is 41.3 Å². The highest BCUT2D eigenvalue weighted by atomic mass is 16.3. The second kappa shape index (κ2) is 32.6. The molecular formula is C43H74N10O11. The molecule has 0 radical (unpaired) electrons. The number of fused-ring (bicyclic) bond motifs is 1. The Labute approximate surface area is 376 Å². The number of phenolic OH excluding ortho intramolecular Hbond substituents is 1. The van der Waals surface area contributed by atoms with Crippen molar-refractivity contribution in [1.29, 1.82) is 0 Å². The van der Waals surface area contributed by atoms with Crippen molar-refractivity contribution in [2.24, 2.45) is 11.7 Å². The van der Waals surface area contributed by atoms with Crippen LogP contribution in [0.4, 0.5) is 0 Å². The Kier molecular flexibility index (Phi) is 30.5. The number of benzene rings is 1. The second-order valence-electron chi connectivity index (χ2n) is 13.8. The molecule has 1 aromatic carbocycles. The van der Waals surface area contributed by atoms with Crippen LogP contribution in [0.3, 0.4) is 0 Å². The summed E-state index contributed by atoms with van der Waals surface area (Å²) in [7, 11) is 2.82. The number of likely N-dealkylation sites (N-methyl/N-ethyl adjacent to an activating group) is 1. The molecule has 21 heteroatoms. The quantitative estimate of drug-likeness (QED) is 0.0787. The Bertz CT molecular complexity index is 1820. The number of nitrogens with one attached hydrogen (secondary N) is 8. The number of phenols is 1. The van der Waals surface area contributed by atoms with E-state index in [1.165, 1.54) is 19.1 Å². The number of hydrogen-bond donors (Lipinski definition) is 11. The summed E-state index contributed by atoms with van der Waals surface area (Å²) < 4.78 is 0. The van der Waals surface area contributed by atoms with Gasteiger partial charge in [-0.15, -0.1) is 0 Å². The third-order valence-corrected chi connectivity index (χ3v) is 9.47. The minimum atomic E-state index is -1.36. The maximum Gasteiger partial charge on any atom is 0.247 e. The van der Waals surface area contributed by atoms with Gasteiger partial charge < -0.3 is 62.9 Å². The largest absolute Gasteiger partial charge is 0.508 e. The van der Waals surface area contributed by atoms with Gasteiger partial charge in [0.15, 0.2) is 0 Å². The molecule has 6 atom stereocenters. The first-order valence-electron chi connectivity index (χ1n) is 21.7. The monoisotopic (exact) mass is 907 g/mol. The highest BCUT2D eigenvalue weighted by molar-refractivity contribution is 5.99. The third kappa shape index (κ3) is 20.0. The number of amides is 8. The van der Waals surface area contributed by atoms with Crippen molar-refractivity contribution in [3.8, 4) is 5.75 Å². The fourth-order valence-corrected chi connectivity index (χ4v) is 6.19. The molecule has 0 aliphatic carbocycles. The van der Waals surface area contributed by atoms with E-state index in [9.17, 15) is 48.3 Å². The van der Waals surface area contributed by atoms with Gasteiger partial charge in [-0.3, -0.25) is 43.3 Å². The predicted molar refractivity (Wildman–Crippen MR) is 243 cm³/mol. The molecular weight excluding hydrogens is 833 g/mol. The van der Waals surface area contributed by atoms with Crippen LogP contribution >= 0.6 is 0 Å². The summed E-state index contributed by atoms with van der Waals surface area (Å²) in [6.07, 6.45) is 1.84. The molecule has 1 aliphatic heterocycles. The lowest BCUT2D eigenvalue weighted by atomic mass is 9.98. The van der Waals surface area contributed by atoms with Crippen molar-refractivity contribution >= 4 is 64.4 Å². The highest BCUT2D eigenvalue weighted by Gasteiger charge is 2.33. The number of aliphatic hydroxyl groups is 1. The SMILES string of the molecule is CC.CC.CC.CCC(C)C(NC(=O)CNC(=O)C(NC(=O)C(C)NC(=O)C1CCCN1C)c1c(C)[nH]c2cc(O)ccc12)C(=O)NCC(=O)NCC(=O)NC(C=O)CC(N)=O.CO. The van der Waals surface area contributed by atoms with E-state index in [2.05, 4.69) is 42.2 Å². The summed E-state index contributed by atoms with van der Waals surface area (Å²) in [5, 5.41) is 34.9. The number of hydrogen-bond acceptors (Lipinski definition) is 12. The second-order valence-corrected chi connectivity index (χ2v) is 13.8. The van der Waals surface area contributed by atoms with Gasteiger partial charge >= 0.3 is 0 Å². The predicted octanol–water partition coefficient (Wildman–Crippen LogP) is 0.0638. The number of rotatable bonds is 20. The number of aromatic nitrogens is 1. The van der Waals surface area contributed by atoms with Crippen molar-refractivity contribution in [2.45, 2.75) is 125 Å². The highest BCUT2D eigenvalue weighted by Crippen LogP contribution is 2.30. The van der Waals surface area contributed by atoms with Gasteiger partial charge in [-0.1, -0.05) is 61.8 Å². The molecule has 1 fully saturated rings. The molecule has 0 saturated carbocycles. The van der Waals surface area contributed by atoms with Gasteiger partial charge in [0.1, 0.15) is 30.2 Å². The Morgan fingerprint density at radius 1 is 0.828 bits per heavy atom. The zero-order chi connectivity index (χ0) is 49.7. The Hall–Kier alpha value is -6.09. The fraction of sp³-hybridized carbons (Fsp3) is 0.605. The van der Waals surface area contributed by atoms with Crippen LogP contribution in [0.1, 0.15) is 105 Å². The molecule has 2 heterocycles. The molecule has 12 N–H and O–H groups in total. The summed E-state index contributed by atoms with van der Waals surface area (Å²) in [6.45, 7) is 17.6. The molecule has 0 spiro atoms. The molecule has 6 unspecified atom stereocenters. The van der Waals surface area contributed by atoms with Gasteiger partial charge in [-0.05, 0) is 58.3 Å². The van der Waals surface area contributed by atoms with Gasteiger partial charge in [0.05, 0.1) is 38.1 Å². The number of nitrogens with two attached hydrogens (primary N) is 1. The molecule has 8 amide bonds. The zero-order valence-corrected chi connectivity index (χ0v) is 39.5. The van der Waals surface area contributed by atoms with Crippen LogP contribution in [0.15, 0.2) is 18.2 Å². The van der Waals surface area contributed by atoms with E-state index in [4.69, 9.17) is 10.8 Å². The number of carbonyl (C=O) groups is 9. The van der Waals surface area contributed by atoms with Crippen molar-refractivity contribution in [2.75, 3.05) is 40.3 Å². The number of aromatic amines is 1. The van der Waals surface area contributed by atoms with Crippen molar-refractivity contribution in [1.82, 2.24) is 47.1 Å².